The number of ether oxygens (including phenoxy) is 2. The Kier molecular flexibility index (Phi) is 3.37. The third-order valence-corrected chi connectivity index (χ3v) is 3.18. The second-order valence-electron chi connectivity index (χ2n) is 4.74. The number of nitrogens with one attached hydrogen (secondary N) is 1. The molecule has 1 aromatic heterocycles. The van der Waals surface area contributed by atoms with Crippen LogP contribution in [0.5, 0.6) is 11.5 Å². The summed E-state index contributed by atoms with van der Waals surface area (Å²) in [5.74, 6) is 1.45. The Bertz CT molecular complexity index is 609. The van der Waals surface area contributed by atoms with Crippen molar-refractivity contribution in [1.82, 2.24) is 9.78 Å². The van der Waals surface area contributed by atoms with Gasteiger partial charge >= 0.3 is 0 Å². The molecule has 0 aliphatic carbocycles. The lowest BCUT2D eigenvalue weighted by Gasteiger charge is -2.20. The summed E-state index contributed by atoms with van der Waals surface area (Å²) < 4.78 is 12.8. The quantitative estimate of drug-likeness (QED) is 0.825. The van der Waals surface area contributed by atoms with Gasteiger partial charge in [-0.25, -0.2) is 0 Å². The molecule has 0 atom stereocenters. The molecule has 1 aliphatic heterocycles. The maximum atomic E-state index is 6.01. The van der Waals surface area contributed by atoms with E-state index < -0.39 is 0 Å². The zero-order chi connectivity index (χ0) is 13.9. The van der Waals surface area contributed by atoms with Gasteiger partial charge in [0.15, 0.2) is 11.5 Å². The highest BCUT2D eigenvalue weighted by Gasteiger charge is 2.14. The van der Waals surface area contributed by atoms with Crippen LogP contribution in [0.2, 0.25) is 0 Å². The van der Waals surface area contributed by atoms with Crippen molar-refractivity contribution in [2.24, 2.45) is 7.05 Å². The fraction of sp³-hybridized carbons (Fsp3) is 0.357. The van der Waals surface area contributed by atoms with E-state index in [1.807, 2.05) is 25.4 Å². The predicted octanol–water partition coefficient (Wildman–Crippen LogP) is 1.43. The van der Waals surface area contributed by atoms with Crippen LogP contribution in [0.25, 0.3) is 0 Å². The SMILES string of the molecule is Cn1ccc(CCNc2cc3c(cc2N)OCCO3)n1. The molecule has 0 fully saturated rings. The van der Waals surface area contributed by atoms with Gasteiger partial charge in [-0.3, -0.25) is 4.68 Å². The highest BCUT2D eigenvalue weighted by molar-refractivity contribution is 5.72. The van der Waals surface area contributed by atoms with Crippen LogP contribution in [0.3, 0.4) is 0 Å². The van der Waals surface area contributed by atoms with Gasteiger partial charge in [0.25, 0.3) is 0 Å². The molecule has 1 aliphatic rings. The molecule has 0 spiro atoms. The second-order valence-corrected chi connectivity index (χ2v) is 4.74. The van der Waals surface area contributed by atoms with Gasteiger partial charge in [0.1, 0.15) is 13.2 Å². The number of rotatable bonds is 4. The average molecular weight is 274 g/mol. The molecule has 106 valence electrons. The molecule has 0 radical (unpaired) electrons. The highest BCUT2D eigenvalue weighted by atomic mass is 16.6. The molecule has 6 heteroatoms. The van der Waals surface area contributed by atoms with Gasteiger partial charge in [-0.1, -0.05) is 0 Å². The number of fused-ring (bicyclic) bond motifs is 1. The zero-order valence-corrected chi connectivity index (χ0v) is 11.4. The Labute approximate surface area is 117 Å². The van der Waals surface area contributed by atoms with E-state index in [4.69, 9.17) is 15.2 Å². The lowest BCUT2D eigenvalue weighted by molar-refractivity contribution is 0.172. The smallest absolute Gasteiger partial charge is 0.163 e. The van der Waals surface area contributed by atoms with Gasteiger partial charge in [0, 0.05) is 38.3 Å². The number of hydrogen-bond acceptors (Lipinski definition) is 5. The Hall–Kier alpha value is -2.37. The molecular weight excluding hydrogens is 256 g/mol. The lowest BCUT2D eigenvalue weighted by atomic mass is 10.2. The van der Waals surface area contributed by atoms with E-state index in [1.165, 1.54) is 0 Å². The fourth-order valence-corrected chi connectivity index (χ4v) is 2.18. The molecular formula is C14H18N4O2. The highest BCUT2D eigenvalue weighted by Crippen LogP contribution is 2.36. The van der Waals surface area contributed by atoms with E-state index >= 15 is 0 Å². The lowest BCUT2D eigenvalue weighted by Crippen LogP contribution is -2.16. The molecule has 0 bridgehead atoms. The van der Waals surface area contributed by atoms with Crippen molar-refractivity contribution in [3.8, 4) is 11.5 Å². The summed E-state index contributed by atoms with van der Waals surface area (Å²) in [5, 5.41) is 7.65. The van der Waals surface area contributed by atoms with Crippen LogP contribution in [-0.4, -0.2) is 29.5 Å². The largest absolute Gasteiger partial charge is 0.486 e. The topological polar surface area (TPSA) is 74.3 Å². The summed E-state index contributed by atoms with van der Waals surface area (Å²) in [7, 11) is 1.91. The van der Waals surface area contributed by atoms with Crippen molar-refractivity contribution in [2.75, 3.05) is 30.8 Å². The van der Waals surface area contributed by atoms with Crippen LogP contribution in [0.4, 0.5) is 11.4 Å². The van der Waals surface area contributed by atoms with Gasteiger partial charge in [0.05, 0.1) is 17.1 Å². The molecule has 6 nitrogen and oxygen atoms in total. The maximum absolute atomic E-state index is 6.01. The van der Waals surface area contributed by atoms with Gasteiger partial charge < -0.3 is 20.5 Å². The monoisotopic (exact) mass is 274 g/mol. The minimum atomic E-state index is 0.568. The van der Waals surface area contributed by atoms with Crippen molar-refractivity contribution >= 4 is 11.4 Å². The van der Waals surface area contributed by atoms with E-state index in [0.29, 0.717) is 24.7 Å². The molecule has 1 aromatic carbocycles. The van der Waals surface area contributed by atoms with Crippen LogP contribution in [0, 0.1) is 0 Å². The van der Waals surface area contributed by atoms with Gasteiger partial charge in [-0.05, 0) is 6.07 Å². The molecule has 0 amide bonds. The average Bonchev–Trinajstić information content (AvgIpc) is 2.85. The summed E-state index contributed by atoms with van der Waals surface area (Å²) in [6.45, 7) is 1.91. The van der Waals surface area contributed by atoms with Crippen LogP contribution in [0.1, 0.15) is 5.69 Å². The summed E-state index contributed by atoms with van der Waals surface area (Å²) in [6, 6.07) is 5.70. The first-order chi connectivity index (χ1) is 9.72. The molecule has 2 aromatic rings. The number of hydrogen-bond donors (Lipinski definition) is 2. The van der Waals surface area contributed by atoms with Gasteiger partial charge in [-0.2, -0.15) is 5.10 Å². The Morgan fingerprint density at radius 2 is 2.05 bits per heavy atom. The molecule has 0 saturated heterocycles. The van der Waals surface area contributed by atoms with Crippen molar-refractivity contribution < 1.29 is 9.47 Å². The number of benzene rings is 1. The Morgan fingerprint density at radius 3 is 2.75 bits per heavy atom. The molecule has 2 heterocycles. The number of nitrogens with zero attached hydrogens (tertiary/aromatic N) is 2. The molecule has 20 heavy (non-hydrogen) atoms. The van der Waals surface area contributed by atoms with Crippen LogP contribution >= 0.6 is 0 Å². The third kappa shape index (κ3) is 2.64. The van der Waals surface area contributed by atoms with Crippen LogP contribution in [0.15, 0.2) is 24.4 Å². The van der Waals surface area contributed by atoms with Gasteiger partial charge in [-0.15, -0.1) is 0 Å². The molecule has 3 rings (SSSR count). The number of nitrogens with two attached hydrogens (primary N) is 1. The summed E-state index contributed by atoms with van der Waals surface area (Å²) in [4.78, 5) is 0. The second kappa shape index (κ2) is 5.32. The minimum Gasteiger partial charge on any atom is -0.486 e. The number of nitrogen functional groups attached to an aromatic ring is 1. The van der Waals surface area contributed by atoms with Crippen molar-refractivity contribution in [2.45, 2.75) is 6.42 Å². The normalized spacial score (nSPS) is 13.2. The predicted molar refractivity (Wildman–Crippen MR) is 77.2 cm³/mol. The number of anilines is 2. The van der Waals surface area contributed by atoms with E-state index in [1.54, 1.807) is 10.7 Å². The van der Waals surface area contributed by atoms with Crippen LogP contribution in [-0.2, 0) is 13.5 Å². The van der Waals surface area contributed by atoms with Gasteiger partial charge in [0.2, 0.25) is 0 Å². The van der Waals surface area contributed by atoms with E-state index in [-0.39, 0.29) is 0 Å². The Balaban J connectivity index is 1.65. The van der Waals surface area contributed by atoms with Crippen molar-refractivity contribution in [1.29, 1.82) is 0 Å². The first kappa shape index (κ1) is 12.7. The molecule has 0 saturated carbocycles. The van der Waals surface area contributed by atoms with E-state index in [0.717, 1.165) is 30.1 Å². The maximum Gasteiger partial charge on any atom is 0.163 e. The Morgan fingerprint density at radius 1 is 1.30 bits per heavy atom. The first-order valence-electron chi connectivity index (χ1n) is 6.64. The minimum absolute atomic E-state index is 0.568. The summed E-state index contributed by atoms with van der Waals surface area (Å²) in [6.07, 6.45) is 2.78. The third-order valence-electron chi connectivity index (χ3n) is 3.18. The summed E-state index contributed by atoms with van der Waals surface area (Å²) >= 11 is 0. The standard InChI is InChI=1S/C14H18N4O2/c1-18-5-3-10(17-18)2-4-16-12-9-14-13(8-11(12)15)19-6-7-20-14/h3,5,8-9,16H,2,4,6-7,15H2,1H3. The molecule has 3 N–H and O–H groups in total. The zero-order valence-electron chi connectivity index (χ0n) is 11.4. The number of aryl methyl sites for hydroxylation is 1. The number of aromatic nitrogens is 2. The first-order valence-corrected chi connectivity index (χ1v) is 6.64. The van der Waals surface area contributed by atoms with Crippen molar-refractivity contribution in [3.63, 3.8) is 0 Å². The summed E-state index contributed by atoms with van der Waals surface area (Å²) in [5.41, 5.74) is 8.59. The van der Waals surface area contributed by atoms with Crippen LogP contribution < -0.4 is 20.5 Å². The van der Waals surface area contributed by atoms with E-state index in [2.05, 4.69) is 10.4 Å². The molecule has 0 unspecified atom stereocenters. The van der Waals surface area contributed by atoms with Crippen molar-refractivity contribution in [3.05, 3.63) is 30.1 Å². The van der Waals surface area contributed by atoms with E-state index in [9.17, 15) is 0 Å². The fourth-order valence-electron chi connectivity index (χ4n) is 2.18.